The van der Waals surface area contributed by atoms with Crippen LogP contribution in [0, 0.1) is 17.0 Å². The molecule has 1 unspecified atom stereocenters. The smallest absolute Gasteiger partial charge is 0.326 e. The summed E-state index contributed by atoms with van der Waals surface area (Å²) in [4.78, 5) is 37.6. The van der Waals surface area contributed by atoms with Gasteiger partial charge in [0.05, 0.1) is 4.92 Å². The van der Waals surface area contributed by atoms with E-state index in [9.17, 15) is 24.8 Å². The van der Waals surface area contributed by atoms with Gasteiger partial charge in [-0.25, -0.2) is 4.79 Å². The van der Waals surface area contributed by atoms with Crippen LogP contribution >= 0.6 is 0 Å². The average Bonchev–Trinajstić information content (AvgIpc) is 3.04. The number of H-pyrrole nitrogens is 1. The van der Waals surface area contributed by atoms with Crippen LogP contribution in [0.5, 0.6) is 0 Å². The van der Waals surface area contributed by atoms with E-state index < -0.39 is 22.8 Å². The summed E-state index contributed by atoms with van der Waals surface area (Å²) in [5.41, 5.74) is 1.90. The molecule has 2 aromatic carbocycles. The quantitative estimate of drug-likeness (QED) is 0.456. The van der Waals surface area contributed by atoms with E-state index in [-0.39, 0.29) is 17.7 Å². The summed E-state index contributed by atoms with van der Waals surface area (Å²) in [6, 6.07) is 10.3. The Morgan fingerprint density at radius 1 is 1.26 bits per heavy atom. The van der Waals surface area contributed by atoms with Gasteiger partial charge in [-0.15, -0.1) is 0 Å². The number of nitro benzene ring substituents is 1. The number of fused-ring (bicyclic) bond motifs is 1. The molecular weight excluding hydrogens is 350 g/mol. The zero-order valence-corrected chi connectivity index (χ0v) is 14.4. The first-order valence-electron chi connectivity index (χ1n) is 8.20. The summed E-state index contributed by atoms with van der Waals surface area (Å²) in [6.45, 7) is 1.57. The van der Waals surface area contributed by atoms with Crippen LogP contribution < -0.4 is 5.32 Å². The summed E-state index contributed by atoms with van der Waals surface area (Å²) >= 11 is 0. The van der Waals surface area contributed by atoms with Crippen LogP contribution in [0.4, 0.5) is 5.69 Å². The minimum Gasteiger partial charge on any atom is -0.480 e. The number of aromatic nitrogens is 1. The molecule has 1 atom stereocenters. The fraction of sp³-hybridized carbons (Fsp3) is 0.158. The molecule has 3 rings (SSSR count). The van der Waals surface area contributed by atoms with E-state index in [1.165, 1.54) is 12.1 Å². The van der Waals surface area contributed by atoms with Crippen molar-refractivity contribution in [2.45, 2.75) is 19.4 Å². The van der Waals surface area contributed by atoms with Crippen molar-refractivity contribution in [3.05, 3.63) is 75.5 Å². The van der Waals surface area contributed by atoms with Gasteiger partial charge in [0.1, 0.15) is 6.04 Å². The first-order chi connectivity index (χ1) is 12.9. The lowest BCUT2D eigenvalue weighted by Crippen LogP contribution is -2.42. The molecule has 0 aliphatic carbocycles. The van der Waals surface area contributed by atoms with E-state index in [2.05, 4.69) is 10.3 Å². The molecule has 0 saturated heterocycles. The van der Waals surface area contributed by atoms with E-state index >= 15 is 0 Å². The van der Waals surface area contributed by atoms with E-state index in [0.717, 1.165) is 22.5 Å². The third-order valence-corrected chi connectivity index (χ3v) is 4.37. The molecule has 0 aliphatic rings. The fourth-order valence-electron chi connectivity index (χ4n) is 2.91. The predicted octanol–water partition coefficient (Wildman–Crippen LogP) is 2.81. The van der Waals surface area contributed by atoms with Crippen LogP contribution in [0.1, 0.15) is 21.5 Å². The van der Waals surface area contributed by atoms with E-state index in [4.69, 9.17) is 0 Å². The molecule has 8 nitrogen and oxygen atoms in total. The zero-order valence-electron chi connectivity index (χ0n) is 14.4. The third kappa shape index (κ3) is 3.79. The first kappa shape index (κ1) is 18.1. The first-order valence-corrected chi connectivity index (χ1v) is 8.20. The number of carbonyl (C=O) groups is 2. The van der Waals surface area contributed by atoms with E-state index in [0.29, 0.717) is 5.56 Å². The highest BCUT2D eigenvalue weighted by Crippen LogP contribution is 2.21. The minimum atomic E-state index is -1.18. The molecule has 0 spiro atoms. The van der Waals surface area contributed by atoms with Crippen molar-refractivity contribution in [2.75, 3.05) is 0 Å². The standard InChI is InChI=1S/C19H17N3O5/c1-11-6-7-12(9-17(11)22(26)27)18(23)21-16(19(24)25)8-13-10-20-15-5-3-2-4-14(13)15/h2-7,9-10,16,20H,8H2,1H3,(H,21,23)(H,24,25). The van der Waals surface area contributed by atoms with Gasteiger partial charge in [-0.2, -0.15) is 0 Å². The van der Waals surface area contributed by atoms with Gasteiger partial charge in [-0.1, -0.05) is 24.3 Å². The van der Waals surface area contributed by atoms with Crippen molar-refractivity contribution in [2.24, 2.45) is 0 Å². The number of aliphatic carboxylic acids is 1. The Morgan fingerprint density at radius 2 is 2.00 bits per heavy atom. The summed E-state index contributed by atoms with van der Waals surface area (Å²) in [5.74, 6) is -1.86. The number of nitrogens with one attached hydrogen (secondary N) is 2. The number of carboxylic acid groups (broad SMARTS) is 1. The number of para-hydroxylation sites is 1. The van der Waals surface area contributed by atoms with Crippen molar-refractivity contribution in [1.29, 1.82) is 0 Å². The molecule has 1 aromatic heterocycles. The van der Waals surface area contributed by atoms with Gasteiger partial charge < -0.3 is 15.4 Å². The highest BCUT2D eigenvalue weighted by molar-refractivity contribution is 5.97. The molecule has 3 N–H and O–H groups in total. The lowest BCUT2D eigenvalue weighted by atomic mass is 10.0. The maximum absolute atomic E-state index is 12.4. The number of hydrogen-bond donors (Lipinski definition) is 3. The molecule has 27 heavy (non-hydrogen) atoms. The summed E-state index contributed by atoms with van der Waals surface area (Å²) < 4.78 is 0. The number of carbonyl (C=O) groups excluding carboxylic acids is 1. The number of aryl methyl sites for hydroxylation is 1. The molecule has 0 aliphatic heterocycles. The van der Waals surface area contributed by atoms with Crippen molar-refractivity contribution in [3.63, 3.8) is 0 Å². The van der Waals surface area contributed by atoms with Crippen LogP contribution in [-0.2, 0) is 11.2 Å². The Labute approximate surface area is 154 Å². The van der Waals surface area contributed by atoms with Crippen LogP contribution in [0.3, 0.4) is 0 Å². The normalized spacial score (nSPS) is 11.9. The molecule has 3 aromatic rings. The highest BCUT2D eigenvalue weighted by Gasteiger charge is 2.23. The number of benzene rings is 2. The van der Waals surface area contributed by atoms with Crippen LogP contribution in [0.15, 0.2) is 48.7 Å². The summed E-state index contributed by atoms with van der Waals surface area (Å²) in [5, 5.41) is 23.9. The van der Waals surface area contributed by atoms with Gasteiger partial charge in [0.15, 0.2) is 0 Å². The van der Waals surface area contributed by atoms with E-state index in [1.54, 1.807) is 13.1 Å². The third-order valence-electron chi connectivity index (χ3n) is 4.37. The van der Waals surface area contributed by atoms with Gasteiger partial charge in [0, 0.05) is 40.7 Å². The average molecular weight is 367 g/mol. The maximum Gasteiger partial charge on any atom is 0.326 e. The Morgan fingerprint density at radius 3 is 2.70 bits per heavy atom. The van der Waals surface area contributed by atoms with Crippen LogP contribution in [-0.4, -0.2) is 32.9 Å². The Bertz CT molecular complexity index is 1040. The predicted molar refractivity (Wildman–Crippen MR) is 98.7 cm³/mol. The Kier molecular flexibility index (Phi) is 4.89. The second-order valence-corrected chi connectivity index (χ2v) is 6.19. The molecule has 0 bridgehead atoms. The van der Waals surface area contributed by atoms with Crippen LogP contribution in [0.2, 0.25) is 0 Å². The molecule has 0 fully saturated rings. The molecule has 0 radical (unpaired) electrons. The van der Waals surface area contributed by atoms with E-state index in [1.807, 2.05) is 24.3 Å². The van der Waals surface area contributed by atoms with Gasteiger partial charge >= 0.3 is 5.97 Å². The van der Waals surface area contributed by atoms with Crippen molar-refractivity contribution >= 4 is 28.5 Å². The molecule has 138 valence electrons. The van der Waals surface area contributed by atoms with Crippen molar-refractivity contribution < 1.29 is 19.6 Å². The number of rotatable bonds is 6. The number of nitro groups is 1. The topological polar surface area (TPSA) is 125 Å². The molecule has 0 saturated carbocycles. The maximum atomic E-state index is 12.4. The summed E-state index contributed by atoms with van der Waals surface area (Å²) in [7, 11) is 0. The lowest BCUT2D eigenvalue weighted by molar-refractivity contribution is -0.385. The lowest BCUT2D eigenvalue weighted by Gasteiger charge is -2.14. The Hall–Kier alpha value is -3.68. The van der Waals surface area contributed by atoms with Gasteiger partial charge in [0.2, 0.25) is 0 Å². The molecular formula is C19H17N3O5. The molecule has 1 heterocycles. The molecule has 8 heteroatoms. The monoisotopic (exact) mass is 367 g/mol. The molecule has 1 amide bonds. The zero-order chi connectivity index (χ0) is 19.6. The van der Waals surface area contributed by atoms with Crippen molar-refractivity contribution in [1.82, 2.24) is 10.3 Å². The Balaban J connectivity index is 1.82. The minimum absolute atomic E-state index is 0.0393. The fourth-order valence-corrected chi connectivity index (χ4v) is 2.91. The largest absolute Gasteiger partial charge is 0.480 e. The summed E-state index contributed by atoms with van der Waals surface area (Å²) in [6.07, 6.45) is 1.79. The number of amides is 1. The van der Waals surface area contributed by atoms with Gasteiger partial charge in [-0.3, -0.25) is 14.9 Å². The SMILES string of the molecule is Cc1ccc(C(=O)NC(Cc2c[nH]c3ccccc23)C(=O)O)cc1[N+](=O)[O-]. The highest BCUT2D eigenvalue weighted by atomic mass is 16.6. The number of hydrogen-bond acceptors (Lipinski definition) is 4. The number of nitrogens with zero attached hydrogens (tertiary/aromatic N) is 1. The van der Waals surface area contributed by atoms with Crippen molar-refractivity contribution in [3.8, 4) is 0 Å². The second-order valence-electron chi connectivity index (χ2n) is 6.19. The number of aromatic amines is 1. The number of carboxylic acids is 1. The second kappa shape index (κ2) is 7.28. The van der Waals surface area contributed by atoms with Gasteiger partial charge in [0.25, 0.3) is 11.6 Å². The van der Waals surface area contributed by atoms with Crippen LogP contribution in [0.25, 0.3) is 10.9 Å². The van der Waals surface area contributed by atoms with Gasteiger partial charge in [-0.05, 0) is 24.6 Å².